The second-order valence-electron chi connectivity index (χ2n) is 6.76. The Morgan fingerprint density at radius 2 is 1.56 bits per heavy atom. The van der Waals surface area contributed by atoms with Gasteiger partial charge in [0.2, 0.25) is 5.91 Å². The van der Waals surface area contributed by atoms with Crippen LogP contribution < -0.4 is 10.6 Å². The van der Waals surface area contributed by atoms with E-state index in [0.29, 0.717) is 5.56 Å². The van der Waals surface area contributed by atoms with Crippen LogP contribution in [-0.4, -0.2) is 17.9 Å². The monoisotopic (exact) mass is 356 g/mol. The number of carbonyl (C=O) groups excluding carboxylic acids is 2. The normalized spacial score (nSPS) is 12.6. The van der Waals surface area contributed by atoms with Crippen molar-refractivity contribution in [3.05, 3.63) is 89.5 Å². The number of anilines is 1. The summed E-state index contributed by atoms with van der Waals surface area (Å²) in [5, 5.41) is 5.63. The molecule has 1 aliphatic carbocycles. The molecule has 3 aromatic carbocycles. The van der Waals surface area contributed by atoms with E-state index in [1.807, 2.05) is 36.4 Å². The molecule has 0 aliphatic heterocycles. The molecule has 1 aliphatic rings. The van der Waals surface area contributed by atoms with Crippen molar-refractivity contribution in [3.8, 4) is 11.1 Å². The van der Waals surface area contributed by atoms with Crippen LogP contribution in [0.15, 0.2) is 72.8 Å². The van der Waals surface area contributed by atoms with Gasteiger partial charge >= 0.3 is 0 Å². The van der Waals surface area contributed by atoms with E-state index in [1.54, 1.807) is 31.2 Å². The minimum Gasteiger partial charge on any atom is -0.341 e. The molecular formula is C23H20N2O2. The zero-order valence-electron chi connectivity index (χ0n) is 15.0. The van der Waals surface area contributed by atoms with E-state index in [1.165, 1.54) is 22.3 Å². The van der Waals surface area contributed by atoms with Gasteiger partial charge in [-0.1, -0.05) is 48.5 Å². The van der Waals surface area contributed by atoms with Gasteiger partial charge in [0, 0.05) is 11.3 Å². The minimum atomic E-state index is -0.636. The van der Waals surface area contributed by atoms with Crippen molar-refractivity contribution in [3.63, 3.8) is 0 Å². The fourth-order valence-electron chi connectivity index (χ4n) is 3.41. The summed E-state index contributed by atoms with van der Waals surface area (Å²) in [4.78, 5) is 24.7. The number of benzene rings is 3. The third-order valence-electron chi connectivity index (χ3n) is 4.84. The van der Waals surface area contributed by atoms with Gasteiger partial charge in [-0.3, -0.25) is 9.59 Å². The summed E-state index contributed by atoms with van der Waals surface area (Å²) in [5.41, 5.74) is 6.26. The average Bonchev–Trinajstić information content (AvgIpc) is 3.06. The van der Waals surface area contributed by atoms with Gasteiger partial charge in [-0.25, -0.2) is 0 Å². The number of hydrogen-bond donors (Lipinski definition) is 2. The predicted octanol–water partition coefficient (Wildman–Crippen LogP) is 4.01. The number of fused-ring (bicyclic) bond motifs is 3. The van der Waals surface area contributed by atoms with Gasteiger partial charge in [-0.05, 0) is 59.9 Å². The lowest BCUT2D eigenvalue weighted by atomic mass is 10.1. The molecule has 1 unspecified atom stereocenters. The average molecular weight is 356 g/mol. The topological polar surface area (TPSA) is 58.2 Å². The summed E-state index contributed by atoms with van der Waals surface area (Å²) < 4.78 is 0. The largest absolute Gasteiger partial charge is 0.341 e. The van der Waals surface area contributed by atoms with Crippen molar-refractivity contribution in [1.82, 2.24) is 5.32 Å². The van der Waals surface area contributed by atoms with Crippen molar-refractivity contribution in [2.24, 2.45) is 0 Å². The Balaban J connectivity index is 1.43. The maximum absolute atomic E-state index is 12.5. The number of carbonyl (C=O) groups is 2. The van der Waals surface area contributed by atoms with Gasteiger partial charge in [0.1, 0.15) is 6.04 Å². The lowest BCUT2D eigenvalue weighted by molar-refractivity contribution is -0.117. The van der Waals surface area contributed by atoms with Crippen molar-refractivity contribution in [2.45, 2.75) is 19.4 Å². The Bertz CT molecular complexity index is 1010. The molecule has 2 amide bonds. The van der Waals surface area contributed by atoms with Crippen LogP contribution in [0.2, 0.25) is 0 Å². The third kappa shape index (κ3) is 3.47. The van der Waals surface area contributed by atoms with Crippen molar-refractivity contribution in [1.29, 1.82) is 0 Å². The van der Waals surface area contributed by atoms with Crippen LogP contribution in [-0.2, 0) is 11.2 Å². The summed E-state index contributed by atoms with van der Waals surface area (Å²) in [7, 11) is 0. The first-order chi connectivity index (χ1) is 13.1. The molecule has 4 nitrogen and oxygen atoms in total. The number of hydrogen-bond acceptors (Lipinski definition) is 2. The Morgan fingerprint density at radius 3 is 2.37 bits per heavy atom. The molecule has 2 N–H and O–H groups in total. The van der Waals surface area contributed by atoms with Gasteiger partial charge in [0.15, 0.2) is 0 Å². The molecule has 4 heteroatoms. The van der Waals surface area contributed by atoms with E-state index < -0.39 is 6.04 Å². The lowest BCUT2D eigenvalue weighted by Crippen LogP contribution is -2.41. The van der Waals surface area contributed by atoms with Crippen molar-refractivity contribution >= 4 is 17.5 Å². The number of amides is 2. The molecule has 0 radical (unpaired) electrons. The van der Waals surface area contributed by atoms with Gasteiger partial charge in [-0.2, -0.15) is 0 Å². The van der Waals surface area contributed by atoms with E-state index in [4.69, 9.17) is 0 Å². The van der Waals surface area contributed by atoms with E-state index in [9.17, 15) is 9.59 Å². The van der Waals surface area contributed by atoms with E-state index in [2.05, 4.69) is 22.8 Å². The first kappa shape index (κ1) is 17.0. The molecule has 0 spiro atoms. The smallest absolute Gasteiger partial charge is 0.251 e. The molecule has 4 rings (SSSR count). The molecule has 0 heterocycles. The molecule has 1 atom stereocenters. The Hall–Kier alpha value is -3.40. The maximum Gasteiger partial charge on any atom is 0.251 e. The van der Waals surface area contributed by atoms with Crippen LogP contribution in [0.25, 0.3) is 11.1 Å². The van der Waals surface area contributed by atoms with Crippen LogP contribution in [0.1, 0.15) is 28.4 Å². The Morgan fingerprint density at radius 1 is 0.852 bits per heavy atom. The van der Waals surface area contributed by atoms with Crippen LogP contribution in [0.5, 0.6) is 0 Å². The van der Waals surface area contributed by atoms with Crippen LogP contribution >= 0.6 is 0 Å². The Labute approximate surface area is 158 Å². The van der Waals surface area contributed by atoms with Gasteiger partial charge < -0.3 is 10.6 Å². The predicted molar refractivity (Wildman–Crippen MR) is 107 cm³/mol. The molecule has 0 fully saturated rings. The summed E-state index contributed by atoms with van der Waals surface area (Å²) in [6.45, 7) is 1.68. The van der Waals surface area contributed by atoms with Crippen molar-refractivity contribution < 1.29 is 9.59 Å². The molecule has 3 aromatic rings. The molecule has 0 saturated heterocycles. The van der Waals surface area contributed by atoms with Crippen molar-refractivity contribution in [2.75, 3.05) is 5.32 Å². The molecule has 0 bridgehead atoms. The van der Waals surface area contributed by atoms with E-state index in [0.717, 1.165) is 12.1 Å². The second kappa shape index (κ2) is 7.08. The molecular weight excluding hydrogens is 336 g/mol. The second-order valence-corrected chi connectivity index (χ2v) is 6.76. The zero-order valence-corrected chi connectivity index (χ0v) is 15.0. The van der Waals surface area contributed by atoms with Gasteiger partial charge in [0.25, 0.3) is 5.91 Å². The summed E-state index contributed by atoms with van der Waals surface area (Å²) >= 11 is 0. The molecule has 0 saturated carbocycles. The highest BCUT2D eigenvalue weighted by Crippen LogP contribution is 2.37. The summed E-state index contributed by atoms with van der Waals surface area (Å²) in [5.74, 6) is -0.502. The summed E-state index contributed by atoms with van der Waals surface area (Å²) in [6, 6.07) is 22.6. The van der Waals surface area contributed by atoms with Crippen LogP contribution in [0.4, 0.5) is 5.69 Å². The molecule has 0 aromatic heterocycles. The zero-order chi connectivity index (χ0) is 18.8. The SMILES string of the molecule is CC(NC(=O)c1ccccc1)C(=O)Nc1ccc2c(c1)Cc1ccccc1-2. The van der Waals surface area contributed by atoms with Crippen LogP contribution in [0, 0.1) is 0 Å². The number of rotatable bonds is 4. The van der Waals surface area contributed by atoms with E-state index in [-0.39, 0.29) is 11.8 Å². The summed E-state index contributed by atoms with van der Waals surface area (Å²) in [6.07, 6.45) is 0.871. The first-order valence-corrected chi connectivity index (χ1v) is 9.00. The highest BCUT2D eigenvalue weighted by molar-refractivity contribution is 6.01. The fourth-order valence-corrected chi connectivity index (χ4v) is 3.41. The molecule has 134 valence electrons. The quantitative estimate of drug-likeness (QED) is 0.580. The Kier molecular flexibility index (Phi) is 4.47. The third-order valence-corrected chi connectivity index (χ3v) is 4.84. The fraction of sp³-hybridized carbons (Fsp3) is 0.130. The highest BCUT2D eigenvalue weighted by Gasteiger charge is 2.20. The maximum atomic E-state index is 12.5. The highest BCUT2D eigenvalue weighted by atomic mass is 16.2. The molecule has 27 heavy (non-hydrogen) atoms. The first-order valence-electron chi connectivity index (χ1n) is 9.00. The van der Waals surface area contributed by atoms with Gasteiger partial charge in [0.05, 0.1) is 0 Å². The van der Waals surface area contributed by atoms with E-state index >= 15 is 0 Å². The standard InChI is InChI=1S/C23H20N2O2/c1-15(24-23(27)16-7-3-2-4-8-16)22(26)25-19-11-12-21-18(14-19)13-17-9-5-6-10-20(17)21/h2-12,14-15H,13H2,1H3,(H,24,27)(H,25,26). The lowest BCUT2D eigenvalue weighted by Gasteiger charge is -2.15. The van der Waals surface area contributed by atoms with Crippen LogP contribution in [0.3, 0.4) is 0 Å². The minimum absolute atomic E-state index is 0.241. The number of nitrogens with one attached hydrogen (secondary N) is 2. The van der Waals surface area contributed by atoms with Gasteiger partial charge in [-0.15, -0.1) is 0 Å².